The molecule has 0 bridgehead atoms. The van der Waals surface area contributed by atoms with Crippen molar-refractivity contribution in [2.24, 2.45) is 0 Å². The molecule has 27 heavy (non-hydrogen) atoms. The quantitative estimate of drug-likeness (QED) is 0.544. The topological polar surface area (TPSA) is 83.7 Å². The third-order valence-electron chi connectivity index (χ3n) is 5.20. The zero-order valence-electron chi connectivity index (χ0n) is 14.9. The van der Waals surface area contributed by atoms with Crippen LogP contribution in [0.2, 0.25) is 0 Å². The molecule has 0 radical (unpaired) electrons. The lowest BCUT2D eigenvalue weighted by Gasteiger charge is -2.32. The summed E-state index contributed by atoms with van der Waals surface area (Å²) in [6, 6.07) is 14.1. The minimum Gasteiger partial charge on any atom is -0.361 e. The number of piperazine rings is 1. The number of nitro groups is 1. The number of benzene rings is 2. The molecule has 1 amide bonds. The Hall–Kier alpha value is -3.19. The van der Waals surface area contributed by atoms with Gasteiger partial charge in [-0.3, -0.25) is 14.9 Å². The molecule has 1 aliphatic rings. The number of carbonyl (C=O) groups is 1. The number of nitrogens with one attached hydrogen (secondary N) is 2. The number of nitro benzene ring substituents is 1. The fourth-order valence-corrected chi connectivity index (χ4v) is 3.66. The Morgan fingerprint density at radius 2 is 1.81 bits per heavy atom. The van der Waals surface area contributed by atoms with Crippen molar-refractivity contribution < 1.29 is 14.6 Å². The molecule has 2 heterocycles. The number of non-ortho nitro benzene ring substituents is 1. The second-order valence-electron chi connectivity index (χ2n) is 6.88. The van der Waals surface area contributed by atoms with Gasteiger partial charge < -0.3 is 14.8 Å². The number of quaternary nitrogens is 1. The van der Waals surface area contributed by atoms with E-state index in [9.17, 15) is 14.9 Å². The number of H-pyrrole nitrogens is 1. The molecule has 1 aliphatic heterocycles. The Balaban J connectivity index is 1.37. The Kier molecular flexibility index (Phi) is 4.60. The fraction of sp³-hybridized carbons (Fsp3) is 0.250. The number of carbonyl (C=O) groups excluding carboxylic acids is 1. The maximum Gasteiger partial charge on any atom is 0.269 e. The molecule has 2 N–H and O–H groups in total. The third kappa shape index (κ3) is 3.54. The molecule has 0 unspecified atom stereocenters. The Labute approximate surface area is 156 Å². The van der Waals surface area contributed by atoms with Crippen LogP contribution in [0, 0.1) is 10.1 Å². The lowest BCUT2D eigenvalue weighted by Crippen LogP contribution is -3.13. The number of aromatic amines is 1. The fourth-order valence-electron chi connectivity index (χ4n) is 3.66. The predicted octanol–water partition coefficient (Wildman–Crippen LogP) is 1.62. The number of nitrogens with zero attached hydrogens (tertiary/aromatic N) is 2. The summed E-state index contributed by atoms with van der Waals surface area (Å²) in [7, 11) is 0. The zero-order valence-corrected chi connectivity index (χ0v) is 14.9. The number of amides is 1. The summed E-state index contributed by atoms with van der Waals surface area (Å²) in [6.45, 7) is 4.08. The van der Waals surface area contributed by atoms with E-state index in [0.717, 1.165) is 25.2 Å². The first kappa shape index (κ1) is 17.2. The first-order valence-electron chi connectivity index (χ1n) is 9.04. The van der Waals surface area contributed by atoms with Crippen molar-refractivity contribution in [2.45, 2.75) is 6.54 Å². The highest BCUT2D eigenvalue weighted by atomic mass is 16.6. The lowest BCUT2D eigenvalue weighted by molar-refractivity contribution is -0.917. The molecule has 2 aromatic carbocycles. The third-order valence-corrected chi connectivity index (χ3v) is 5.20. The van der Waals surface area contributed by atoms with Gasteiger partial charge in [0, 0.05) is 40.4 Å². The molecule has 0 saturated carbocycles. The molecule has 4 rings (SSSR count). The van der Waals surface area contributed by atoms with Gasteiger partial charge in [-0.15, -0.1) is 0 Å². The van der Waals surface area contributed by atoms with E-state index in [-0.39, 0.29) is 11.6 Å². The smallest absolute Gasteiger partial charge is 0.269 e. The highest BCUT2D eigenvalue weighted by Crippen LogP contribution is 2.17. The van der Waals surface area contributed by atoms with Gasteiger partial charge in [0.2, 0.25) is 0 Å². The predicted molar refractivity (Wildman–Crippen MR) is 102 cm³/mol. The van der Waals surface area contributed by atoms with Gasteiger partial charge in [0.15, 0.2) is 0 Å². The Morgan fingerprint density at radius 3 is 2.52 bits per heavy atom. The molecule has 7 nitrogen and oxygen atoms in total. The van der Waals surface area contributed by atoms with Gasteiger partial charge in [0.25, 0.3) is 11.6 Å². The molecule has 7 heteroatoms. The van der Waals surface area contributed by atoms with E-state index in [2.05, 4.69) is 29.4 Å². The van der Waals surface area contributed by atoms with Crippen LogP contribution in [-0.4, -0.2) is 46.9 Å². The monoisotopic (exact) mass is 365 g/mol. The maximum absolute atomic E-state index is 12.6. The Bertz CT molecular complexity index is 972. The summed E-state index contributed by atoms with van der Waals surface area (Å²) >= 11 is 0. The number of hydrogen-bond donors (Lipinski definition) is 2. The summed E-state index contributed by atoms with van der Waals surface area (Å²) in [5.74, 6) is -0.0592. The summed E-state index contributed by atoms with van der Waals surface area (Å²) in [5, 5.41) is 12.0. The second kappa shape index (κ2) is 7.20. The molecule has 0 atom stereocenters. The van der Waals surface area contributed by atoms with Crippen molar-refractivity contribution >= 4 is 22.5 Å². The van der Waals surface area contributed by atoms with Crippen LogP contribution < -0.4 is 4.90 Å². The largest absolute Gasteiger partial charge is 0.361 e. The van der Waals surface area contributed by atoms with Gasteiger partial charge in [-0.25, -0.2) is 0 Å². The van der Waals surface area contributed by atoms with Crippen molar-refractivity contribution in [3.8, 4) is 0 Å². The summed E-state index contributed by atoms with van der Waals surface area (Å²) in [6.07, 6.45) is 2.08. The zero-order chi connectivity index (χ0) is 18.8. The van der Waals surface area contributed by atoms with Crippen LogP contribution in [0.1, 0.15) is 15.9 Å². The highest BCUT2D eigenvalue weighted by molar-refractivity contribution is 5.94. The van der Waals surface area contributed by atoms with E-state index in [1.807, 2.05) is 11.0 Å². The van der Waals surface area contributed by atoms with Crippen LogP contribution in [-0.2, 0) is 6.54 Å². The van der Waals surface area contributed by atoms with Crippen molar-refractivity contribution in [3.05, 3.63) is 76.0 Å². The molecule has 1 aromatic heterocycles. The average Bonchev–Trinajstić information content (AvgIpc) is 3.11. The number of hydrogen-bond acceptors (Lipinski definition) is 3. The lowest BCUT2D eigenvalue weighted by atomic mass is 10.1. The Morgan fingerprint density at radius 1 is 1.11 bits per heavy atom. The van der Waals surface area contributed by atoms with Crippen molar-refractivity contribution in [1.82, 2.24) is 9.88 Å². The van der Waals surface area contributed by atoms with Gasteiger partial charge in [-0.2, -0.15) is 0 Å². The van der Waals surface area contributed by atoms with Crippen molar-refractivity contribution in [3.63, 3.8) is 0 Å². The van der Waals surface area contributed by atoms with Crippen LogP contribution in [0.4, 0.5) is 5.69 Å². The number of rotatable bonds is 4. The molecule has 1 fully saturated rings. The van der Waals surface area contributed by atoms with E-state index in [1.165, 1.54) is 40.1 Å². The van der Waals surface area contributed by atoms with Crippen LogP contribution in [0.5, 0.6) is 0 Å². The van der Waals surface area contributed by atoms with Gasteiger partial charge in [-0.05, 0) is 18.2 Å². The van der Waals surface area contributed by atoms with Crippen LogP contribution in [0.3, 0.4) is 0 Å². The van der Waals surface area contributed by atoms with Gasteiger partial charge in [-0.1, -0.05) is 18.2 Å². The van der Waals surface area contributed by atoms with E-state index < -0.39 is 4.92 Å². The van der Waals surface area contributed by atoms with Crippen LogP contribution >= 0.6 is 0 Å². The summed E-state index contributed by atoms with van der Waals surface area (Å²) in [5.41, 5.74) is 2.95. The standard InChI is InChI=1S/C20H20N4O3/c25-20(15-5-7-17(8-6-15)24(26)27)23-11-9-22(10-12-23)14-16-13-21-19-4-2-1-3-18(16)19/h1-8,13,21H,9-12,14H2/p+1. The minimum atomic E-state index is -0.457. The van der Waals surface area contributed by atoms with E-state index in [0.29, 0.717) is 18.7 Å². The SMILES string of the molecule is O=C(c1ccc([N+](=O)[O-])cc1)N1CC[NH+](Cc2c[nH]c3ccccc23)CC1. The van der Waals surface area contributed by atoms with Crippen molar-refractivity contribution in [2.75, 3.05) is 26.2 Å². The van der Waals surface area contributed by atoms with Gasteiger partial charge in [0.05, 0.1) is 31.1 Å². The molecule has 138 valence electrons. The highest BCUT2D eigenvalue weighted by Gasteiger charge is 2.25. The first-order chi connectivity index (χ1) is 13.1. The van der Waals surface area contributed by atoms with E-state index in [4.69, 9.17) is 0 Å². The first-order valence-corrected chi connectivity index (χ1v) is 9.04. The number of fused-ring (bicyclic) bond motifs is 1. The van der Waals surface area contributed by atoms with Gasteiger partial charge in [0.1, 0.15) is 6.54 Å². The molecule has 3 aromatic rings. The molecular weight excluding hydrogens is 344 g/mol. The van der Waals surface area contributed by atoms with E-state index in [1.54, 1.807) is 0 Å². The number of para-hydroxylation sites is 1. The van der Waals surface area contributed by atoms with Gasteiger partial charge >= 0.3 is 0 Å². The molecule has 0 aliphatic carbocycles. The second-order valence-corrected chi connectivity index (χ2v) is 6.88. The van der Waals surface area contributed by atoms with Crippen LogP contribution in [0.25, 0.3) is 10.9 Å². The molecule has 1 saturated heterocycles. The average molecular weight is 365 g/mol. The van der Waals surface area contributed by atoms with Crippen LogP contribution in [0.15, 0.2) is 54.7 Å². The van der Waals surface area contributed by atoms with E-state index >= 15 is 0 Å². The maximum atomic E-state index is 12.6. The molecule has 0 spiro atoms. The number of aromatic nitrogens is 1. The van der Waals surface area contributed by atoms with Crippen molar-refractivity contribution in [1.29, 1.82) is 0 Å². The molecular formula is C20H21N4O3+. The summed E-state index contributed by atoms with van der Waals surface area (Å²) < 4.78 is 0. The normalized spacial score (nSPS) is 15.2. The minimum absolute atomic E-state index is 0.000423. The summed E-state index contributed by atoms with van der Waals surface area (Å²) in [4.78, 5) is 29.5.